The van der Waals surface area contributed by atoms with Gasteiger partial charge in [0.2, 0.25) is 0 Å². The predicted molar refractivity (Wildman–Crippen MR) is 113 cm³/mol. The van der Waals surface area contributed by atoms with E-state index < -0.39 is 0 Å². The van der Waals surface area contributed by atoms with Crippen molar-refractivity contribution in [1.82, 2.24) is 29.5 Å². The van der Waals surface area contributed by atoms with Crippen LogP contribution in [0.4, 0.5) is 0 Å². The lowest BCUT2D eigenvalue weighted by atomic mass is 9.87. The molecule has 4 heterocycles. The lowest BCUT2D eigenvalue weighted by Crippen LogP contribution is -2.36. The highest BCUT2D eigenvalue weighted by atomic mass is 16.2. The third-order valence-corrected chi connectivity index (χ3v) is 6.56. The number of fused-ring (bicyclic) bond motifs is 1. The van der Waals surface area contributed by atoms with Crippen LogP contribution in [0.5, 0.6) is 0 Å². The molecule has 2 saturated heterocycles. The Kier molecular flexibility index (Phi) is 5.04. The van der Waals surface area contributed by atoms with E-state index in [9.17, 15) is 4.79 Å². The quantitative estimate of drug-likeness (QED) is 0.656. The van der Waals surface area contributed by atoms with E-state index in [-0.39, 0.29) is 11.9 Å². The molecule has 2 aliphatic rings. The van der Waals surface area contributed by atoms with Gasteiger partial charge >= 0.3 is 0 Å². The number of carbonyl (C=O) groups excluding carboxylic acids is 1. The molecule has 0 aliphatic carbocycles. The second kappa shape index (κ2) is 7.99. The molecule has 0 bridgehead atoms. The smallest absolute Gasteiger partial charge is 0.255 e. The Labute approximate surface area is 176 Å². The van der Waals surface area contributed by atoms with Crippen molar-refractivity contribution < 1.29 is 4.79 Å². The molecule has 0 unspecified atom stereocenters. The molecule has 1 amide bonds. The van der Waals surface area contributed by atoms with Crippen molar-refractivity contribution in [3.63, 3.8) is 0 Å². The molecule has 0 radical (unpaired) electrons. The fourth-order valence-electron chi connectivity index (χ4n) is 5.10. The number of hydrogen-bond acceptors (Lipinski definition) is 5. The second-order valence-corrected chi connectivity index (χ2v) is 8.38. The molecule has 7 nitrogen and oxygen atoms in total. The van der Waals surface area contributed by atoms with Crippen LogP contribution in [0, 0.1) is 18.8 Å². The maximum atomic E-state index is 13.4. The number of rotatable bonds is 5. The Bertz CT molecular complexity index is 1010. The van der Waals surface area contributed by atoms with Gasteiger partial charge in [0, 0.05) is 51.0 Å². The molecular formula is C23H26N6O. The van der Waals surface area contributed by atoms with Crippen LogP contribution in [0.2, 0.25) is 0 Å². The van der Waals surface area contributed by atoms with Crippen LogP contribution in [0.3, 0.4) is 0 Å². The SMILES string of the molecule is Cc1ccccc1[C@H]1[C@H]2CN(CCn3cnnc3)C[C@H]2CN1C(=O)c1cccnc1. The van der Waals surface area contributed by atoms with Crippen molar-refractivity contribution in [3.8, 4) is 0 Å². The Morgan fingerprint density at radius 3 is 2.63 bits per heavy atom. The number of hydrogen-bond donors (Lipinski definition) is 0. The average Bonchev–Trinajstić information content (AvgIpc) is 3.49. The lowest BCUT2D eigenvalue weighted by Gasteiger charge is -2.31. The van der Waals surface area contributed by atoms with E-state index in [4.69, 9.17) is 0 Å². The van der Waals surface area contributed by atoms with Crippen molar-refractivity contribution in [2.75, 3.05) is 26.2 Å². The van der Waals surface area contributed by atoms with Crippen molar-refractivity contribution in [2.24, 2.45) is 11.8 Å². The second-order valence-electron chi connectivity index (χ2n) is 8.38. The first kappa shape index (κ1) is 18.9. The van der Waals surface area contributed by atoms with E-state index in [1.54, 1.807) is 25.0 Å². The van der Waals surface area contributed by atoms with Crippen LogP contribution in [-0.2, 0) is 6.54 Å². The van der Waals surface area contributed by atoms with Gasteiger partial charge in [0.1, 0.15) is 12.7 Å². The van der Waals surface area contributed by atoms with Crippen LogP contribution in [0.1, 0.15) is 27.5 Å². The number of nitrogens with zero attached hydrogens (tertiary/aromatic N) is 6. The van der Waals surface area contributed by atoms with Crippen molar-refractivity contribution in [1.29, 1.82) is 0 Å². The Morgan fingerprint density at radius 1 is 1.03 bits per heavy atom. The molecule has 2 aliphatic heterocycles. The maximum Gasteiger partial charge on any atom is 0.255 e. The van der Waals surface area contributed by atoms with E-state index in [1.807, 2.05) is 16.7 Å². The summed E-state index contributed by atoms with van der Waals surface area (Å²) in [5, 5.41) is 7.78. The summed E-state index contributed by atoms with van der Waals surface area (Å²) in [6.45, 7) is 6.82. The van der Waals surface area contributed by atoms with Gasteiger partial charge in [-0.3, -0.25) is 9.78 Å². The number of benzene rings is 1. The molecule has 2 fully saturated rings. The zero-order valence-electron chi connectivity index (χ0n) is 17.1. The summed E-state index contributed by atoms with van der Waals surface area (Å²) in [6.07, 6.45) is 6.92. The summed E-state index contributed by atoms with van der Waals surface area (Å²) in [4.78, 5) is 22.2. The molecule has 0 saturated carbocycles. The summed E-state index contributed by atoms with van der Waals surface area (Å²) in [7, 11) is 0. The first-order valence-electron chi connectivity index (χ1n) is 10.5. The molecule has 7 heteroatoms. The van der Waals surface area contributed by atoms with Crippen LogP contribution >= 0.6 is 0 Å². The zero-order chi connectivity index (χ0) is 20.5. The maximum absolute atomic E-state index is 13.4. The number of aromatic nitrogens is 4. The minimum atomic E-state index is 0.0850. The number of carbonyl (C=O) groups is 1. The molecule has 2 aromatic heterocycles. The van der Waals surface area contributed by atoms with Crippen LogP contribution in [0.15, 0.2) is 61.4 Å². The summed E-state index contributed by atoms with van der Waals surface area (Å²) in [5.74, 6) is 1.01. The Morgan fingerprint density at radius 2 is 1.87 bits per heavy atom. The van der Waals surface area contributed by atoms with Gasteiger partial charge < -0.3 is 14.4 Å². The van der Waals surface area contributed by atoms with E-state index >= 15 is 0 Å². The number of aryl methyl sites for hydroxylation is 1. The van der Waals surface area contributed by atoms with Gasteiger partial charge in [-0.25, -0.2) is 0 Å². The van der Waals surface area contributed by atoms with Gasteiger partial charge in [0.05, 0.1) is 11.6 Å². The van der Waals surface area contributed by atoms with Crippen molar-refractivity contribution in [2.45, 2.75) is 19.5 Å². The minimum absolute atomic E-state index is 0.0850. The predicted octanol–water partition coefficient (Wildman–Crippen LogP) is 2.43. The highest BCUT2D eigenvalue weighted by Crippen LogP contribution is 2.46. The number of amides is 1. The van der Waals surface area contributed by atoms with Gasteiger partial charge in [-0.2, -0.15) is 0 Å². The monoisotopic (exact) mass is 402 g/mol. The molecule has 3 atom stereocenters. The molecule has 0 spiro atoms. The third kappa shape index (κ3) is 3.50. The lowest BCUT2D eigenvalue weighted by molar-refractivity contribution is 0.0699. The topological polar surface area (TPSA) is 67.2 Å². The third-order valence-electron chi connectivity index (χ3n) is 6.56. The number of pyridine rings is 1. The Balaban J connectivity index is 1.39. The van der Waals surface area contributed by atoms with Crippen LogP contribution in [0.25, 0.3) is 0 Å². The highest BCUT2D eigenvalue weighted by molar-refractivity contribution is 5.94. The average molecular weight is 403 g/mol. The summed E-state index contributed by atoms with van der Waals surface area (Å²) >= 11 is 0. The molecule has 30 heavy (non-hydrogen) atoms. The largest absolute Gasteiger partial charge is 0.331 e. The van der Waals surface area contributed by atoms with E-state index in [0.29, 0.717) is 17.4 Å². The molecular weight excluding hydrogens is 376 g/mol. The van der Waals surface area contributed by atoms with E-state index in [1.165, 1.54) is 11.1 Å². The first-order valence-corrected chi connectivity index (χ1v) is 10.5. The van der Waals surface area contributed by atoms with Gasteiger partial charge in [-0.05, 0) is 36.1 Å². The van der Waals surface area contributed by atoms with Crippen LogP contribution < -0.4 is 0 Å². The molecule has 1 aromatic carbocycles. The molecule has 0 N–H and O–H groups in total. The van der Waals surface area contributed by atoms with Gasteiger partial charge in [0.15, 0.2) is 0 Å². The minimum Gasteiger partial charge on any atom is -0.331 e. The van der Waals surface area contributed by atoms with E-state index in [2.05, 4.69) is 56.2 Å². The fourth-order valence-corrected chi connectivity index (χ4v) is 5.10. The van der Waals surface area contributed by atoms with Gasteiger partial charge in [-0.1, -0.05) is 24.3 Å². The highest BCUT2D eigenvalue weighted by Gasteiger charge is 2.49. The fraction of sp³-hybridized carbons (Fsp3) is 0.391. The molecule has 154 valence electrons. The van der Waals surface area contributed by atoms with E-state index in [0.717, 1.165) is 32.7 Å². The van der Waals surface area contributed by atoms with Gasteiger partial charge in [-0.15, -0.1) is 10.2 Å². The standard InChI is InChI=1S/C23H26N6O/c1-17-5-2-3-7-20(17)22-21-14-27(9-10-28-15-25-26-16-28)12-19(21)13-29(22)23(30)18-6-4-8-24-11-18/h2-8,11,15-16,19,21-22H,9-10,12-14H2,1H3/t19-,21-,22-/m0/s1. The Hall–Kier alpha value is -3.06. The van der Waals surface area contributed by atoms with Crippen molar-refractivity contribution >= 4 is 5.91 Å². The zero-order valence-corrected chi connectivity index (χ0v) is 17.1. The van der Waals surface area contributed by atoms with Crippen LogP contribution in [-0.4, -0.2) is 61.6 Å². The van der Waals surface area contributed by atoms with Gasteiger partial charge in [0.25, 0.3) is 5.91 Å². The molecule has 5 rings (SSSR count). The first-order chi connectivity index (χ1) is 14.7. The number of likely N-dealkylation sites (tertiary alicyclic amines) is 2. The summed E-state index contributed by atoms with van der Waals surface area (Å²) in [5.41, 5.74) is 3.18. The summed E-state index contributed by atoms with van der Waals surface area (Å²) in [6, 6.07) is 12.3. The van der Waals surface area contributed by atoms with Crippen molar-refractivity contribution in [3.05, 3.63) is 78.1 Å². The normalized spacial score (nSPS) is 23.6. The summed E-state index contributed by atoms with van der Waals surface area (Å²) < 4.78 is 2.02. The molecule has 3 aromatic rings.